The molecule has 1 aromatic rings. The van der Waals surface area contributed by atoms with Gasteiger partial charge in [0.25, 0.3) is 0 Å². The van der Waals surface area contributed by atoms with Gasteiger partial charge in [-0.2, -0.15) is 0 Å². The molecule has 1 unspecified atom stereocenters. The summed E-state index contributed by atoms with van der Waals surface area (Å²) in [5.74, 6) is 0.790. The summed E-state index contributed by atoms with van der Waals surface area (Å²) in [6.07, 6.45) is 2.81. The van der Waals surface area contributed by atoms with Gasteiger partial charge in [-0.25, -0.2) is 0 Å². The molecule has 2 nitrogen and oxygen atoms in total. The van der Waals surface area contributed by atoms with Crippen molar-refractivity contribution in [3.63, 3.8) is 0 Å². The smallest absolute Gasteiger partial charge is 0.227 e. The van der Waals surface area contributed by atoms with Gasteiger partial charge in [-0.05, 0) is 43.4 Å². The van der Waals surface area contributed by atoms with Crippen LogP contribution in [0.3, 0.4) is 0 Å². The molecule has 2 rings (SSSR count). The molecule has 0 N–H and O–H groups in total. The topological polar surface area (TPSA) is 20.3 Å². The third kappa shape index (κ3) is 3.18. The second-order valence-electron chi connectivity index (χ2n) is 5.00. The molecule has 98 valence electrons. The molecule has 0 radical (unpaired) electrons. The highest BCUT2D eigenvalue weighted by Crippen LogP contribution is 2.35. The number of likely N-dealkylation sites (N-methyl/N-ethyl adjacent to an activating group) is 1. The highest BCUT2D eigenvalue weighted by Gasteiger charge is 2.32. The number of carbonyl (C=O) groups is 1. The summed E-state index contributed by atoms with van der Waals surface area (Å²) < 4.78 is 0. The zero-order valence-electron chi connectivity index (χ0n) is 10.6. The molecule has 1 atom stereocenters. The van der Waals surface area contributed by atoms with Gasteiger partial charge >= 0.3 is 0 Å². The molecular formula is C14H17Cl2NO. The van der Waals surface area contributed by atoms with E-state index in [1.807, 2.05) is 18.0 Å². The molecular weight excluding hydrogens is 269 g/mol. The van der Waals surface area contributed by atoms with E-state index in [1.54, 1.807) is 12.1 Å². The van der Waals surface area contributed by atoms with Gasteiger partial charge in [0, 0.05) is 23.1 Å². The lowest BCUT2D eigenvalue weighted by molar-refractivity contribution is -0.131. The van der Waals surface area contributed by atoms with E-state index in [2.05, 4.69) is 6.92 Å². The third-order valence-electron chi connectivity index (χ3n) is 3.67. The first kappa shape index (κ1) is 13.7. The maximum absolute atomic E-state index is 12.2. The maximum atomic E-state index is 12.2. The van der Waals surface area contributed by atoms with Crippen molar-refractivity contribution in [1.82, 2.24) is 4.90 Å². The van der Waals surface area contributed by atoms with Crippen LogP contribution in [0.1, 0.15) is 25.3 Å². The van der Waals surface area contributed by atoms with E-state index in [0.717, 1.165) is 5.56 Å². The molecule has 1 saturated carbocycles. The molecule has 0 bridgehead atoms. The van der Waals surface area contributed by atoms with Crippen LogP contribution in [0.25, 0.3) is 0 Å². The molecule has 0 spiro atoms. The van der Waals surface area contributed by atoms with Gasteiger partial charge in [0.15, 0.2) is 0 Å². The Morgan fingerprint density at radius 2 is 2.11 bits per heavy atom. The summed E-state index contributed by atoms with van der Waals surface area (Å²) in [5.41, 5.74) is 0.834. The Bertz CT molecular complexity index is 457. The average molecular weight is 286 g/mol. The fourth-order valence-electron chi connectivity index (χ4n) is 2.07. The molecule has 18 heavy (non-hydrogen) atoms. The lowest BCUT2D eigenvalue weighted by Gasteiger charge is -2.25. The fourth-order valence-corrected chi connectivity index (χ4v) is 2.55. The highest BCUT2D eigenvalue weighted by atomic mass is 35.5. The number of hydrogen-bond donors (Lipinski definition) is 0. The monoisotopic (exact) mass is 285 g/mol. The van der Waals surface area contributed by atoms with Crippen LogP contribution >= 0.6 is 23.2 Å². The zero-order chi connectivity index (χ0) is 13.3. The minimum Gasteiger partial charge on any atom is -0.342 e. The van der Waals surface area contributed by atoms with Crippen LogP contribution in [0, 0.1) is 5.92 Å². The molecule has 1 amide bonds. The van der Waals surface area contributed by atoms with E-state index in [1.165, 1.54) is 12.8 Å². The van der Waals surface area contributed by atoms with E-state index in [-0.39, 0.29) is 5.91 Å². The van der Waals surface area contributed by atoms with Crippen LogP contribution in [0.15, 0.2) is 18.2 Å². The largest absolute Gasteiger partial charge is 0.342 e. The molecule has 4 heteroatoms. The second-order valence-corrected chi connectivity index (χ2v) is 5.84. The van der Waals surface area contributed by atoms with Gasteiger partial charge in [0.2, 0.25) is 5.91 Å². The number of amides is 1. The molecule has 0 heterocycles. The second kappa shape index (κ2) is 5.50. The van der Waals surface area contributed by atoms with Crippen molar-refractivity contribution in [3.05, 3.63) is 33.8 Å². The quantitative estimate of drug-likeness (QED) is 0.824. The van der Waals surface area contributed by atoms with E-state index in [4.69, 9.17) is 23.2 Å². The Morgan fingerprint density at radius 3 is 2.67 bits per heavy atom. The lowest BCUT2D eigenvalue weighted by Crippen LogP contribution is -2.37. The molecule has 0 saturated heterocycles. The standard InChI is InChI=1S/C14H17Cl2NO/c1-9(10-3-4-10)17(2)14(18)7-11-5-6-12(15)8-13(11)16/h5-6,8-10H,3-4,7H2,1-2H3. The molecule has 0 aliphatic heterocycles. The van der Waals surface area contributed by atoms with Gasteiger partial charge in [0.05, 0.1) is 6.42 Å². The van der Waals surface area contributed by atoms with Crippen LogP contribution < -0.4 is 0 Å². The van der Waals surface area contributed by atoms with Crippen molar-refractivity contribution in [2.45, 2.75) is 32.2 Å². The summed E-state index contributed by atoms with van der Waals surface area (Å²) in [6.45, 7) is 2.11. The van der Waals surface area contributed by atoms with Crippen molar-refractivity contribution >= 4 is 29.1 Å². The first-order valence-electron chi connectivity index (χ1n) is 6.18. The van der Waals surface area contributed by atoms with Crippen molar-refractivity contribution in [3.8, 4) is 0 Å². The molecule has 1 aromatic carbocycles. The molecule has 1 aliphatic rings. The number of benzene rings is 1. The van der Waals surface area contributed by atoms with Crippen molar-refractivity contribution in [1.29, 1.82) is 0 Å². The average Bonchev–Trinajstić information content (AvgIpc) is 3.14. The number of rotatable bonds is 4. The maximum Gasteiger partial charge on any atom is 0.227 e. The molecule has 1 aliphatic carbocycles. The zero-order valence-corrected chi connectivity index (χ0v) is 12.1. The van der Waals surface area contributed by atoms with Crippen LogP contribution in [0.2, 0.25) is 10.0 Å². The van der Waals surface area contributed by atoms with Crippen molar-refractivity contribution in [2.24, 2.45) is 5.92 Å². The summed E-state index contributed by atoms with van der Waals surface area (Å²) in [7, 11) is 1.87. The Morgan fingerprint density at radius 1 is 1.44 bits per heavy atom. The van der Waals surface area contributed by atoms with Crippen LogP contribution in [-0.2, 0) is 11.2 Å². The number of carbonyl (C=O) groups excluding carboxylic acids is 1. The van der Waals surface area contributed by atoms with Crippen molar-refractivity contribution in [2.75, 3.05) is 7.05 Å². The molecule has 0 aromatic heterocycles. The van der Waals surface area contributed by atoms with Gasteiger partial charge < -0.3 is 4.90 Å². The summed E-state index contributed by atoms with van der Waals surface area (Å²) in [5, 5.41) is 1.15. The number of halogens is 2. The fraction of sp³-hybridized carbons (Fsp3) is 0.500. The first-order chi connectivity index (χ1) is 8.49. The normalized spacial score (nSPS) is 16.4. The minimum absolute atomic E-state index is 0.110. The number of hydrogen-bond acceptors (Lipinski definition) is 1. The predicted molar refractivity (Wildman–Crippen MR) is 75.1 cm³/mol. The van der Waals surface area contributed by atoms with Gasteiger partial charge in [-0.15, -0.1) is 0 Å². The van der Waals surface area contributed by atoms with Crippen LogP contribution in [0.4, 0.5) is 0 Å². The van der Waals surface area contributed by atoms with Crippen molar-refractivity contribution < 1.29 is 4.79 Å². The predicted octanol–water partition coefficient (Wildman–Crippen LogP) is 3.79. The van der Waals surface area contributed by atoms with E-state index < -0.39 is 0 Å². The Hall–Kier alpha value is -0.730. The Kier molecular flexibility index (Phi) is 4.18. The van der Waals surface area contributed by atoms with Gasteiger partial charge in [0.1, 0.15) is 0 Å². The van der Waals surface area contributed by atoms with Gasteiger partial charge in [-0.1, -0.05) is 29.3 Å². The minimum atomic E-state index is 0.110. The first-order valence-corrected chi connectivity index (χ1v) is 6.94. The third-order valence-corrected chi connectivity index (χ3v) is 4.25. The SMILES string of the molecule is CC(C1CC1)N(C)C(=O)Cc1ccc(Cl)cc1Cl. The highest BCUT2D eigenvalue weighted by molar-refractivity contribution is 6.35. The summed E-state index contributed by atoms with van der Waals surface area (Å²) >= 11 is 11.9. The summed E-state index contributed by atoms with van der Waals surface area (Å²) in [4.78, 5) is 14.0. The van der Waals surface area contributed by atoms with Gasteiger partial charge in [-0.3, -0.25) is 4.79 Å². The van der Waals surface area contributed by atoms with Crippen LogP contribution in [-0.4, -0.2) is 23.9 Å². The summed E-state index contributed by atoms with van der Waals surface area (Å²) in [6, 6.07) is 5.58. The van der Waals surface area contributed by atoms with Crippen LogP contribution in [0.5, 0.6) is 0 Å². The Balaban J connectivity index is 2.01. The van der Waals surface area contributed by atoms with E-state index in [9.17, 15) is 4.79 Å². The lowest BCUT2D eigenvalue weighted by atomic mass is 10.1. The Labute approximate surface area is 118 Å². The van der Waals surface area contributed by atoms with E-state index >= 15 is 0 Å². The van der Waals surface area contributed by atoms with E-state index in [0.29, 0.717) is 28.4 Å². The molecule has 1 fully saturated rings. The number of nitrogens with zero attached hydrogens (tertiary/aromatic N) is 1.